The van der Waals surface area contributed by atoms with Gasteiger partial charge in [0.15, 0.2) is 10.6 Å². The van der Waals surface area contributed by atoms with Crippen molar-refractivity contribution in [2.75, 3.05) is 5.73 Å². The highest BCUT2D eigenvalue weighted by Gasteiger charge is 2.36. The molecule has 4 aromatic rings. The number of hydrogen-bond acceptors (Lipinski definition) is 8. The molecule has 14 heteroatoms. The van der Waals surface area contributed by atoms with Crippen LogP contribution < -0.4 is 15.6 Å². The highest BCUT2D eigenvalue weighted by molar-refractivity contribution is 8.37. The van der Waals surface area contributed by atoms with E-state index in [2.05, 4.69) is 14.4 Å². The molecule has 5 rings (SSSR count). The zero-order valence-corrected chi connectivity index (χ0v) is 19.7. The van der Waals surface area contributed by atoms with Gasteiger partial charge >= 0.3 is 0 Å². The van der Waals surface area contributed by atoms with Crippen molar-refractivity contribution in [3.63, 3.8) is 0 Å². The Morgan fingerprint density at radius 1 is 1.03 bits per heavy atom. The molecule has 2 heterocycles. The number of ether oxygens (including phenoxy) is 1. The fourth-order valence-electron chi connectivity index (χ4n) is 3.48. The largest absolute Gasteiger partial charge is 0.457 e. The van der Waals surface area contributed by atoms with E-state index in [9.17, 15) is 16.2 Å². The monoisotopic (exact) mass is 537 g/mol. The molecule has 3 aromatic carbocycles. The zero-order chi connectivity index (χ0) is 25.0. The minimum Gasteiger partial charge on any atom is -0.457 e. The molecule has 0 bridgehead atoms. The third-order valence-corrected chi connectivity index (χ3v) is 7.30. The Hall–Kier alpha value is -3.52. The van der Waals surface area contributed by atoms with E-state index in [1.165, 1.54) is 6.07 Å². The van der Waals surface area contributed by atoms with Crippen molar-refractivity contribution in [3.05, 3.63) is 65.2 Å². The number of aromatic nitrogens is 1. The number of aliphatic imine (C=N–C) groups is 1. The molecular weight excluding hydrogens is 524 g/mol. The van der Waals surface area contributed by atoms with Crippen molar-refractivity contribution >= 4 is 61.1 Å². The lowest BCUT2D eigenvalue weighted by Crippen LogP contribution is -2.17. The van der Waals surface area contributed by atoms with Gasteiger partial charge in [-0.2, -0.15) is 9.38 Å². The number of primary sulfonamides is 1. The van der Waals surface area contributed by atoms with Crippen LogP contribution in [-0.2, 0) is 10.0 Å². The molecule has 4 N–H and O–H groups in total. The molecule has 1 aliphatic rings. The van der Waals surface area contributed by atoms with Crippen LogP contribution >= 0.6 is 22.6 Å². The van der Waals surface area contributed by atoms with Crippen molar-refractivity contribution in [2.24, 2.45) is 14.5 Å². The van der Waals surface area contributed by atoms with Crippen molar-refractivity contribution in [1.29, 1.82) is 0 Å². The zero-order valence-electron chi connectivity index (χ0n) is 17.4. The molecule has 0 spiro atoms. The van der Waals surface area contributed by atoms with Crippen molar-refractivity contribution in [3.8, 4) is 22.6 Å². The Kier molecular flexibility index (Phi) is 5.51. The number of anilines is 1. The van der Waals surface area contributed by atoms with Crippen LogP contribution in [0.5, 0.6) is 11.5 Å². The number of sulfonamides is 1. The first-order valence-electron chi connectivity index (χ1n) is 9.66. The van der Waals surface area contributed by atoms with Gasteiger partial charge in [-0.05, 0) is 48.0 Å². The molecule has 1 aromatic heterocycles. The number of benzene rings is 3. The summed E-state index contributed by atoms with van der Waals surface area (Å²) >= 11 is 6.20. The van der Waals surface area contributed by atoms with Gasteiger partial charge in [-0.25, -0.2) is 18.5 Å². The first-order valence-corrected chi connectivity index (χ1v) is 13.0. The van der Waals surface area contributed by atoms with Gasteiger partial charge in [-0.1, -0.05) is 17.7 Å². The van der Waals surface area contributed by atoms with Crippen LogP contribution in [0.1, 0.15) is 5.56 Å². The molecule has 180 valence electrons. The first kappa shape index (κ1) is 23.2. The number of nitrogen functional groups attached to an aromatic ring is 1. The number of hydrogen-bond donors (Lipinski definition) is 2. The van der Waals surface area contributed by atoms with E-state index in [0.717, 1.165) is 12.1 Å². The van der Waals surface area contributed by atoms with Crippen LogP contribution in [0, 0.1) is 0 Å². The van der Waals surface area contributed by atoms with E-state index >= 15 is 0 Å². The summed E-state index contributed by atoms with van der Waals surface area (Å²) < 4.78 is 67.1. The number of nitrogens with two attached hydrogens (primary N) is 2. The third-order valence-electron chi connectivity index (χ3n) is 4.96. The second-order valence-corrected chi connectivity index (χ2v) is 10.7. The second-order valence-electron chi connectivity index (χ2n) is 7.28. The van der Waals surface area contributed by atoms with Crippen LogP contribution in [0.3, 0.4) is 0 Å². The minimum atomic E-state index is -4.64. The van der Waals surface area contributed by atoms with Crippen LogP contribution in [0.2, 0.25) is 5.02 Å². The van der Waals surface area contributed by atoms with Gasteiger partial charge < -0.3 is 14.9 Å². The van der Waals surface area contributed by atoms with E-state index < -0.39 is 30.9 Å². The molecule has 0 radical (unpaired) electrons. The fourth-order valence-corrected chi connectivity index (χ4v) is 5.35. The Labute approximate surface area is 204 Å². The van der Waals surface area contributed by atoms with Crippen molar-refractivity contribution < 1.29 is 25.3 Å². The van der Waals surface area contributed by atoms with Crippen LogP contribution in [0.15, 0.2) is 73.3 Å². The molecular formula is C21H14ClF2N5O4S2. The Bertz CT molecular complexity index is 1670. The number of oxazole rings is 1. The Morgan fingerprint density at radius 2 is 1.83 bits per heavy atom. The van der Waals surface area contributed by atoms with Gasteiger partial charge in [-0.3, -0.25) is 0 Å². The van der Waals surface area contributed by atoms with E-state index in [1.807, 2.05) is 0 Å². The topological polar surface area (TPSA) is 146 Å². The van der Waals surface area contributed by atoms with Gasteiger partial charge in [0.1, 0.15) is 23.4 Å². The van der Waals surface area contributed by atoms with Gasteiger partial charge in [0.2, 0.25) is 21.0 Å². The standard InChI is InChI=1S/C21H14ClF2N5O4S2/c22-12-2-6-17(15(8-12)11-1-5-16-18(7-11)33-21(25)29-16)32-13-3-4-14(19(9-13)35(26,30)31)20-27-10-28-34(20,23)24/h1-10H,(H2,25,29)(H2,26,30,31). The molecule has 9 nitrogen and oxygen atoms in total. The average Bonchev–Trinajstić information content (AvgIpc) is 3.34. The van der Waals surface area contributed by atoms with Crippen LogP contribution in [0.4, 0.5) is 13.8 Å². The molecule has 0 unspecified atom stereocenters. The van der Waals surface area contributed by atoms with Gasteiger partial charge in [0.25, 0.3) is 6.01 Å². The lowest BCUT2D eigenvalue weighted by molar-refractivity contribution is 0.482. The van der Waals surface area contributed by atoms with Crippen molar-refractivity contribution in [2.45, 2.75) is 4.90 Å². The lowest BCUT2D eigenvalue weighted by atomic mass is 10.0. The highest BCUT2D eigenvalue weighted by Crippen LogP contribution is 2.58. The predicted octanol–water partition coefficient (Wildman–Crippen LogP) is 5.45. The van der Waals surface area contributed by atoms with Gasteiger partial charge in [0.05, 0.1) is 4.90 Å². The maximum absolute atomic E-state index is 14.2. The van der Waals surface area contributed by atoms with E-state index in [0.29, 0.717) is 39.3 Å². The van der Waals surface area contributed by atoms with Crippen molar-refractivity contribution in [1.82, 2.24) is 4.98 Å². The van der Waals surface area contributed by atoms with Crippen LogP contribution in [0.25, 0.3) is 22.2 Å². The number of halogens is 3. The summed E-state index contributed by atoms with van der Waals surface area (Å²) in [4.78, 5) is 7.04. The smallest absolute Gasteiger partial charge is 0.292 e. The summed E-state index contributed by atoms with van der Waals surface area (Å²) in [5, 5.41) is 4.97. The molecule has 0 saturated carbocycles. The van der Waals surface area contributed by atoms with Gasteiger partial charge in [0, 0.05) is 22.2 Å². The van der Waals surface area contributed by atoms with E-state index in [1.54, 1.807) is 36.4 Å². The van der Waals surface area contributed by atoms with Crippen LogP contribution in [-0.4, -0.2) is 24.8 Å². The predicted molar refractivity (Wildman–Crippen MR) is 132 cm³/mol. The quantitative estimate of drug-likeness (QED) is 0.346. The summed E-state index contributed by atoms with van der Waals surface area (Å²) in [6.07, 6.45) is 0.695. The molecule has 35 heavy (non-hydrogen) atoms. The number of rotatable bonds is 5. The summed E-state index contributed by atoms with van der Waals surface area (Å²) in [5.74, 6) is 0.330. The lowest BCUT2D eigenvalue weighted by Gasteiger charge is -2.17. The average molecular weight is 538 g/mol. The molecule has 0 saturated heterocycles. The Balaban J connectivity index is 1.58. The highest BCUT2D eigenvalue weighted by atomic mass is 35.5. The normalized spacial score (nSPS) is 15.8. The van der Waals surface area contributed by atoms with E-state index in [-0.39, 0.29) is 17.3 Å². The number of nitrogens with zero attached hydrogens (tertiary/aromatic N) is 3. The minimum absolute atomic E-state index is 0.0139. The molecule has 0 amide bonds. The second kappa shape index (κ2) is 8.30. The summed E-state index contributed by atoms with van der Waals surface area (Å²) in [7, 11) is -9.05. The van der Waals surface area contributed by atoms with E-state index in [4.69, 9.17) is 31.6 Å². The SMILES string of the molecule is Nc1nc2ccc(-c3cc(Cl)ccc3Oc3ccc(C4=NC=NS4(F)F)c(S(N)(=O)=O)c3)cc2o1. The molecule has 0 atom stereocenters. The fraction of sp³-hybridized carbons (Fsp3) is 0. The summed E-state index contributed by atoms with van der Waals surface area (Å²) in [6.45, 7) is 0. The third kappa shape index (κ3) is 4.46. The molecule has 1 aliphatic heterocycles. The summed E-state index contributed by atoms with van der Waals surface area (Å²) in [5.41, 5.74) is 7.46. The first-order chi connectivity index (χ1) is 16.5. The summed E-state index contributed by atoms with van der Waals surface area (Å²) in [6, 6.07) is 13.5. The number of fused-ring (bicyclic) bond motifs is 1. The van der Waals surface area contributed by atoms with Gasteiger partial charge in [-0.15, -0.1) is 7.77 Å². The Morgan fingerprint density at radius 3 is 2.54 bits per heavy atom. The maximum atomic E-state index is 14.2. The maximum Gasteiger partial charge on any atom is 0.292 e. The molecule has 0 fully saturated rings. The molecule has 0 aliphatic carbocycles.